The third kappa shape index (κ3) is 9.53. The first-order valence-electron chi connectivity index (χ1n) is 19.3. The van der Waals surface area contributed by atoms with Crippen LogP contribution in [-0.4, -0.2) is 37.5 Å². The molecule has 0 spiro atoms. The number of alkyl halides is 6. The number of rotatable bonds is 16. The van der Waals surface area contributed by atoms with E-state index in [9.17, 15) is 35.9 Å². The Kier molecular flexibility index (Phi) is 12.9. The molecule has 58 heavy (non-hydrogen) atoms. The quantitative estimate of drug-likeness (QED) is 0.0528. The Labute approximate surface area is 334 Å². The highest BCUT2D eigenvalue weighted by Gasteiger charge is 2.52. The van der Waals surface area contributed by atoms with Gasteiger partial charge in [0.2, 0.25) is 0 Å². The van der Waals surface area contributed by atoms with Crippen molar-refractivity contribution in [2.75, 3.05) is 25.0 Å². The van der Waals surface area contributed by atoms with Gasteiger partial charge in [-0.15, -0.1) is 0 Å². The third-order valence-corrected chi connectivity index (χ3v) is 10.7. The smallest absolute Gasteiger partial charge is 0.391 e. The average molecular weight is 799 g/mol. The normalized spacial score (nSPS) is 13.5. The molecule has 0 aliphatic heterocycles. The van der Waals surface area contributed by atoms with E-state index in [-0.39, 0.29) is 12.2 Å². The Bertz CT molecular complexity index is 2250. The summed E-state index contributed by atoms with van der Waals surface area (Å²) in [7, 11) is 0. The van der Waals surface area contributed by atoms with Crippen LogP contribution in [0.15, 0.2) is 127 Å². The predicted octanol–water partition coefficient (Wildman–Crippen LogP) is 10.2. The van der Waals surface area contributed by atoms with E-state index < -0.39 is 35.8 Å². The van der Waals surface area contributed by atoms with Gasteiger partial charge in [0.1, 0.15) is 5.41 Å². The first-order chi connectivity index (χ1) is 27.7. The van der Waals surface area contributed by atoms with Gasteiger partial charge in [0, 0.05) is 30.8 Å². The molecular weight excluding hydrogens is 753 g/mol. The predicted molar refractivity (Wildman–Crippen MR) is 215 cm³/mol. The number of amides is 1. The zero-order valence-electron chi connectivity index (χ0n) is 32.4. The number of aryl methyl sites for hydroxylation is 1. The van der Waals surface area contributed by atoms with E-state index in [0.29, 0.717) is 55.5 Å². The Morgan fingerprint density at radius 2 is 1.38 bits per heavy atom. The number of allylic oxidation sites excluding steroid dienone is 1. The van der Waals surface area contributed by atoms with Crippen LogP contribution in [0, 0.1) is 6.92 Å². The number of ketones is 1. The number of nitrogens with two attached hydrogens (primary N) is 1. The molecular formula is C47H46F6N3O2+. The van der Waals surface area contributed by atoms with Gasteiger partial charge in [-0.3, -0.25) is 10.1 Å². The summed E-state index contributed by atoms with van der Waals surface area (Å²) >= 11 is 0. The number of hydrogen-bond acceptors (Lipinski definition) is 4. The summed E-state index contributed by atoms with van der Waals surface area (Å²) < 4.78 is 80.0. The van der Waals surface area contributed by atoms with Gasteiger partial charge in [-0.05, 0) is 108 Å². The minimum Gasteiger partial charge on any atom is -0.391 e. The molecule has 1 amide bonds. The van der Waals surface area contributed by atoms with Gasteiger partial charge in [0.05, 0.1) is 5.56 Å². The molecule has 5 aromatic carbocycles. The summed E-state index contributed by atoms with van der Waals surface area (Å²) in [5.74, 6) is -0.719. The molecule has 0 unspecified atom stereocenters. The molecule has 1 aliphatic carbocycles. The van der Waals surface area contributed by atoms with Crippen LogP contribution in [0.2, 0.25) is 0 Å². The number of benzene rings is 5. The first-order valence-corrected chi connectivity index (χ1v) is 19.3. The van der Waals surface area contributed by atoms with Crippen LogP contribution >= 0.6 is 0 Å². The fourth-order valence-corrected chi connectivity index (χ4v) is 7.95. The highest BCUT2D eigenvalue weighted by molar-refractivity contribution is 6.02. The van der Waals surface area contributed by atoms with Crippen LogP contribution in [0.25, 0.3) is 22.3 Å². The second-order valence-electron chi connectivity index (χ2n) is 14.8. The zero-order valence-corrected chi connectivity index (χ0v) is 32.4. The fourth-order valence-electron chi connectivity index (χ4n) is 7.95. The number of Topliss-reactive ketones (excluding diaryl/α,β-unsaturated/α-hetero) is 1. The minimum absolute atomic E-state index is 0.129. The molecule has 302 valence electrons. The molecule has 0 radical (unpaired) electrons. The van der Waals surface area contributed by atoms with Crippen molar-refractivity contribution in [3.05, 3.63) is 160 Å². The number of fused-ring (bicyclic) bond motifs is 3. The summed E-state index contributed by atoms with van der Waals surface area (Å²) in [5.41, 5.74) is 6.46. The van der Waals surface area contributed by atoms with Crippen molar-refractivity contribution < 1.29 is 41.2 Å². The number of carbonyl (C=O) groups is 2. The molecule has 4 N–H and O–H groups in total. The molecule has 11 heteroatoms. The topological polar surface area (TPSA) is 74.8 Å². The highest BCUT2D eigenvalue weighted by atomic mass is 19.4. The molecule has 5 nitrogen and oxygen atoms in total. The van der Waals surface area contributed by atoms with Crippen molar-refractivity contribution in [3.8, 4) is 22.3 Å². The lowest BCUT2D eigenvalue weighted by molar-refractivity contribution is -0.598. The Balaban J connectivity index is 1.06. The maximum atomic E-state index is 13.8. The molecule has 0 bridgehead atoms. The van der Waals surface area contributed by atoms with Crippen molar-refractivity contribution in [1.82, 2.24) is 5.32 Å². The third-order valence-electron chi connectivity index (χ3n) is 10.7. The largest absolute Gasteiger partial charge is 0.438 e. The number of primary amides is 1. The van der Waals surface area contributed by atoms with E-state index >= 15 is 0 Å². The number of halogens is 6. The van der Waals surface area contributed by atoms with E-state index in [2.05, 4.69) is 10.6 Å². The SMILES string of the molecule is CC(=CNCCCCC1(C(=O)[NH2+]CC(F)(F)F)c2ccccc2-c2ccccc21)Cc1c(C)cccc1NCCC(=O)c1ccccc1-c1cccc(C(F)(F)F)c1. The fraction of sp³-hybridized carbons (Fsp3) is 0.277. The lowest BCUT2D eigenvalue weighted by atomic mass is 9.73. The van der Waals surface area contributed by atoms with Crippen molar-refractivity contribution in [1.29, 1.82) is 0 Å². The van der Waals surface area contributed by atoms with E-state index in [1.807, 2.05) is 86.8 Å². The second-order valence-corrected chi connectivity index (χ2v) is 14.8. The summed E-state index contributed by atoms with van der Waals surface area (Å²) in [6.45, 7) is 3.66. The Hall–Kier alpha value is -5.68. The number of anilines is 1. The summed E-state index contributed by atoms with van der Waals surface area (Å²) in [6.07, 6.45) is -4.63. The summed E-state index contributed by atoms with van der Waals surface area (Å²) in [6, 6.07) is 32.5. The van der Waals surface area contributed by atoms with Gasteiger partial charge in [0.15, 0.2) is 12.3 Å². The Morgan fingerprint density at radius 3 is 2.05 bits per heavy atom. The number of nitrogens with one attached hydrogen (secondary N) is 2. The molecule has 0 aromatic heterocycles. The van der Waals surface area contributed by atoms with Crippen LogP contribution in [0.3, 0.4) is 0 Å². The first kappa shape index (κ1) is 41.9. The Morgan fingerprint density at radius 1 is 0.741 bits per heavy atom. The monoisotopic (exact) mass is 798 g/mol. The lowest BCUT2D eigenvalue weighted by Gasteiger charge is -2.28. The van der Waals surface area contributed by atoms with Crippen molar-refractivity contribution in [2.45, 2.75) is 63.7 Å². The molecule has 0 fully saturated rings. The van der Waals surface area contributed by atoms with Gasteiger partial charge in [0.25, 0.3) is 0 Å². The highest BCUT2D eigenvalue weighted by Crippen LogP contribution is 2.51. The van der Waals surface area contributed by atoms with Gasteiger partial charge >= 0.3 is 18.3 Å². The van der Waals surface area contributed by atoms with Crippen LogP contribution in [0.4, 0.5) is 32.0 Å². The average Bonchev–Trinajstić information content (AvgIpc) is 3.49. The van der Waals surface area contributed by atoms with Gasteiger partial charge in [-0.25, -0.2) is 4.79 Å². The number of carbonyl (C=O) groups excluding carboxylic acids is 2. The van der Waals surface area contributed by atoms with Crippen LogP contribution < -0.4 is 16.0 Å². The number of quaternary nitrogens is 1. The van der Waals surface area contributed by atoms with Crippen LogP contribution in [0.5, 0.6) is 0 Å². The van der Waals surface area contributed by atoms with E-state index in [4.69, 9.17) is 0 Å². The molecule has 6 rings (SSSR count). The lowest BCUT2D eigenvalue weighted by Crippen LogP contribution is -2.93. The van der Waals surface area contributed by atoms with Crippen molar-refractivity contribution in [3.63, 3.8) is 0 Å². The number of unbranched alkanes of at least 4 members (excludes halogenated alkanes) is 1. The van der Waals surface area contributed by atoms with Crippen molar-refractivity contribution >= 4 is 17.4 Å². The van der Waals surface area contributed by atoms with E-state index in [0.717, 1.165) is 62.1 Å². The van der Waals surface area contributed by atoms with E-state index in [1.165, 1.54) is 6.07 Å². The molecule has 5 aromatic rings. The molecule has 0 saturated carbocycles. The van der Waals surface area contributed by atoms with Crippen LogP contribution in [0.1, 0.15) is 70.8 Å². The van der Waals surface area contributed by atoms with Gasteiger partial charge < -0.3 is 10.6 Å². The molecule has 1 aliphatic rings. The molecule has 0 saturated heterocycles. The number of hydrogen-bond donors (Lipinski definition) is 3. The molecule has 0 heterocycles. The van der Waals surface area contributed by atoms with Gasteiger partial charge in [-0.1, -0.05) is 103 Å². The molecule has 0 atom stereocenters. The maximum Gasteiger partial charge on any atom is 0.438 e. The van der Waals surface area contributed by atoms with E-state index in [1.54, 1.807) is 30.3 Å². The summed E-state index contributed by atoms with van der Waals surface area (Å²) in [5, 5.41) is 7.57. The second kappa shape index (κ2) is 17.9. The van der Waals surface area contributed by atoms with Gasteiger partial charge in [-0.2, -0.15) is 26.3 Å². The summed E-state index contributed by atoms with van der Waals surface area (Å²) in [4.78, 5) is 27.2. The van der Waals surface area contributed by atoms with Crippen LogP contribution in [-0.2, 0) is 22.8 Å². The standard InChI is InChI=1S/C47H45F6N3O2/c1-31(29-54-25-10-9-24-45(44(58)56-30-46(48,49)50)40-20-7-5-17-36(40)37-18-6-8-21-41(37)45)27-39-32(2)13-11-22-42(39)55-26-23-43(57)38-19-4-3-16-35(38)33-14-12-15-34(28-33)47(51,52)53/h3-8,11-22,28-29,54-55H,9-10,23-27,30H2,1-2H3,(H,56,58)/p+1. The minimum atomic E-state index is -4.50. The zero-order chi connectivity index (χ0) is 41.5. The maximum absolute atomic E-state index is 13.8. The van der Waals surface area contributed by atoms with Crippen molar-refractivity contribution in [2.24, 2.45) is 0 Å².